The fourth-order valence-corrected chi connectivity index (χ4v) is 3.17. The minimum atomic E-state index is 0.146. The van der Waals surface area contributed by atoms with E-state index in [0.29, 0.717) is 35.2 Å². The fourth-order valence-electron chi connectivity index (χ4n) is 3.17. The van der Waals surface area contributed by atoms with Gasteiger partial charge in [-0.2, -0.15) is 10.5 Å². The lowest BCUT2D eigenvalue weighted by Crippen LogP contribution is -2.07. The lowest BCUT2D eigenvalue weighted by Gasteiger charge is -2.21. The van der Waals surface area contributed by atoms with Crippen molar-refractivity contribution in [2.24, 2.45) is 0 Å². The molecular weight excluding hydrogens is 392 g/mol. The monoisotopic (exact) mass is 414 g/mol. The Balaban J connectivity index is 2.15. The van der Waals surface area contributed by atoms with Gasteiger partial charge in [-0.1, -0.05) is 18.2 Å². The van der Waals surface area contributed by atoms with E-state index in [4.69, 9.17) is 14.2 Å². The summed E-state index contributed by atoms with van der Waals surface area (Å²) < 4.78 is 16.7. The van der Waals surface area contributed by atoms with Gasteiger partial charge in [0.15, 0.2) is 11.5 Å². The number of rotatable bonds is 8. The van der Waals surface area contributed by atoms with E-state index in [1.165, 1.54) is 14.2 Å². The van der Waals surface area contributed by atoms with E-state index in [0.717, 1.165) is 11.4 Å². The van der Waals surface area contributed by atoms with E-state index in [-0.39, 0.29) is 11.1 Å². The summed E-state index contributed by atoms with van der Waals surface area (Å²) in [5.41, 5.74) is 2.45. The van der Waals surface area contributed by atoms with E-state index in [2.05, 4.69) is 22.8 Å². The quantitative estimate of drug-likeness (QED) is 0.514. The second-order valence-electron chi connectivity index (χ2n) is 6.36. The maximum absolute atomic E-state index is 9.91. The van der Waals surface area contributed by atoms with Crippen LogP contribution in [0.2, 0.25) is 0 Å². The minimum Gasteiger partial charge on any atom is -0.494 e. The van der Waals surface area contributed by atoms with Gasteiger partial charge >= 0.3 is 0 Å². The number of methoxy groups -OCH3 is 2. The number of para-hydroxylation sites is 1. The largest absolute Gasteiger partial charge is 0.494 e. The van der Waals surface area contributed by atoms with Gasteiger partial charge in [-0.25, -0.2) is 0 Å². The first-order valence-electron chi connectivity index (χ1n) is 9.60. The number of hydrogen-bond donors (Lipinski definition) is 2. The van der Waals surface area contributed by atoms with Crippen LogP contribution < -0.4 is 24.8 Å². The van der Waals surface area contributed by atoms with Crippen molar-refractivity contribution >= 4 is 22.7 Å². The molecule has 0 atom stereocenters. The number of ether oxygens (including phenoxy) is 3. The number of nitrogens with zero attached hydrogens (tertiary/aromatic N) is 2. The third-order valence-corrected chi connectivity index (χ3v) is 4.52. The Morgan fingerprint density at radius 1 is 0.742 bits per heavy atom. The van der Waals surface area contributed by atoms with Gasteiger partial charge in [0.2, 0.25) is 0 Å². The summed E-state index contributed by atoms with van der Waals surface area (Å²) in [4.78, 5) is 0. The van der Waals surface area contributed by atoms with Crippen LogP contribution in [0.5, 0.6) is 17.2 Å². The van der Waals surface area contributed by atoms with Crippen LogP contribution in [0.4, 0.5) is 22.7 Å². The molecule has 0 aliphatic carbocycles. The second kappa shape index (κ2) is 9.91. The van der Waals surface area contributed by atoms with Crippen LogP contribution in [0, 0.1) is 22.7 Å². The molecule has 3 aromatic carbocycles. The number of anilines is 4. The van der Waals surface area contributed by atoms with Crippen molar-refractivity contribution in [3.63, 3.8) is 0 Å². The van der Waals surface area contributed by atoms with Gasteiger partial charge in [0, 0.05) is 11.4 Å². The molecule has 0 unspecified atom stereocenters. The van der Waals surface area contributed by atoms with Crippen LogP contribution in [-0.2, 0) is 0 Å². The highest BCUT2D eigenvalue weighted by Crippen LogP contribution is 2.48. The van der Waals surface area contributed by atoms with Crippen LogP contribution >= 0.6 is 0 Å². The van der Waals surface area contributed by atoms with Crippen molar-refractivity contribution < 1.29 is 14.2 Å². The van der Waals surface area contributed by atoms with Gasteiger partial charge < -0.3 is 24.8 Å². The van der Waals surface area contributed by atoms with Crippen LogP contribution in [-0.4, -0.2) is 20.8 Å². The summed E-state index contributed by atoms with van der Waals surface area (Å²) in [5.74, 6) is 1.36. The van der Waals surface area contributed by atoms with Gasteiger partial charge in [-0.15, -0.1) is 0 Å². The molecule has 7 nitrogen and oxygen atoms in total. The first kappa shape index (κ1) is 21.4. The van der Waals surface area contributed by atoms with Crippen molar-refractivity contribution in [3.8, 4) is 29.4 Å². The van der Waals surface area contributed by atoms with E-state index >= 15 is 0 Å². The zero-order chi connectivity index (χ0) is 22.2. The Labute approximate surface area is 181 Å². The molecule has 0 bridgehead atoms. The molecular formula is C24H22N4O3. The smallest absolute Gasteiger partial charge is 0.188 e. The van der Waals surface area contributed by atoms with Crippen molar-refractivity contribution in [1.82, 2.24) is 0 Å². The molecule has 0 aromatic heterocycles. The van der Waals surface area contributed by atoms with Gasteiger partial charge in [-0.05, 0) is 43.3 Å². The molecule has 0 fully saturated rings. The van der Waals surface area contributed by atoms with E-state index in [1.807, 2.05) is 61.5 Å². The van der Waals surface area contributed by atoms with Gasteiger partial charge in [0.05, 0.1) is 32.0 Å². The average molecular weight is 414 g/mol. The molecule has 156 valence electrons. The molecule has 0 amide bonds. The molecule has 3 rings (SSSR count). The van der Waals surface area contributed by atoms with Crippen molar-refractivity contribution in [2.45, 2.75) is 6.92 Å². The summed E-state index contributed by atoms with van der Waals surface area (Å²) in [6, 6.07) is 20.9. The Kier molecular flexibility index (Phi) is 6.82. The summed E-state index contributed by atoms with van der Waals surface area (Å²) >= 11 is 0. The zero-order valence-corrected chi connectivity index (χ0v) is 17.5. The number of nitrogens with one attached hydrogen (secondary N) is 2. The molecule has 0 radical (unpaired) electrons. The molecule has 0 saturated carbocycles. The number of nitriles is 2. The average Bonchev–Trinajstić information content (AvgIpc) is 2.81. The molecule has 0 aliphatic rings. The van der Waals surface area contributed by atoms with E-state index in [1.54, 1.807) is 0 Å². The standard InChI is InChI=1S/C24H22N4O3/c1-4-31-18-12-10-17(11-13-18)28-22-20(15-26)19(14-25)21(23(29-2)24(22)30-3)27-16-8-6-5-7-9-16/h5-13,27-28H,4H2,1-3H3. The third kappa shape index (κ3) is 4.47. The molecule has 2 N–H and O–H groups in total. The minimum absolute atomic E-state index is 0.146. The number of benzene rings is 3. The van der Waals surface area contributed by atoms with E-state index < -0.39 is 0 Å². The lowest BCUT2D eigenvalue weighted by molar-refractivity contribution is 0.340. The van der Waals surface area contributed by atoms with Crippen LogP contribution in [0.3, 0.4) is 0 Å². The maximum Gasteiger partial charge on any atom is 0.188 e. The molecule has 7 heteroatoms. The second-order valence-corrected chi connectivity index (χ2v) is 6.36. The molecule has 0 saturated heterocycles. The van der Waals surface area contributed by atoms with Crippen molar-refractivity contribution in [3.05, 3.63) is 65.7 Å². The van der Waals surface area contributed by atoms with Crippen LogP contribution in [0.15, 0.2) is 54.6 Å². The third-order valence-electron chi connectivity index (χ3n) is 4.52. The van der Waals surface area contributed by atoms with Gasteiger partial charge in [-0.3, -0.25) is 0 Å². The molecule has 0 aliphatic heterocycles. The normalized spacial score (nSPS) is 9.84. The zero-order valence-electron chi connectivity index (χ0n) is 17.5. The van der Waals surface area contributed by atoms with Crippen LogP contribution in [0.25, 0.3) is 0 Å². The Morgan fingerprint density at radius 3 is 1.65 bits per heavy atom. The summed E-state index contributed by atoms with van der Waals surface area (Å²) in [7, 11) is 2.97. The molecule has 31 heavy (non-hydrogen) atoms. The summed E-state index contributed by atoms with van der Waals surface area (Å²) in [6.45, 7) is 2.48. The highest BCUT2D eigenvalue weighted by atomic mass is 16.5. The van der Waals surface area contributed by atoms with E-state index in [9.17, 15) is 10.5 Å². The SMILES string of the molecule is CCOc1ccc(Nc2c(C#N)c(C#N)c(Nc3ccccc3)c(OC)c2OC)cc1. The Bertz CT molecular complexity index is 1130. The van der Waals surface area contributed by atoms with Gasteiger partial charge in [0.25, 0.3) is 0 Å². The molecule has 0 spiro atoms. The van der Waals surface area contributed by atoms with Crippen molar-refractivity contribution in [1.29, 1.82) is 10.5 Å². The highest BCUT2D eigenvalue weighted by Gasteiger charge is 2.26. The molecule has 0 heterocycles. The highest BCUT2D eigenvalue weighted by molar-refractivity contribution is 5.89. The summed E-state index contributed by atoms with van der Waals surface area (Å²) in [5, 5.41) is 26.2. The first-order valence-corrected chi connectivity index (χ1v) is 9.60. The van der Waals surface area contributed by atoms with Crippen molar-refractivity contribution in [2.75, 3.05) is 31.5 Å². The number of hydrogen-bond acceptors (Lipinski definition) is 7. The van der Waals surface area contributed by atoms with Crippen LogP contribution in [0.1, 0.15) is 18.1 Å². The Morgan fingerprint density at radius 2 is 1.23 bits per heavy atom. The Hall–Kier alpha value is -4.36. The fraction of sp³-hybridized carbons (Fsp3) is 0.167. The van der Waals surface area contributed by atoms with Gasteiger partial charge in [0.1, 0.15) is 29.3 Å². The summed E-state index contributed by atoms with van der Waals surface area (Å²) in [6.07, 6.45) is 0. The first-order chi connectivity index (χ1) is 15.2. The predicted molar refractivity (Wildman–Crippen MR) is 120 cm³/mol. The maximum atomic E-state index is 9.91. The lowest BCUT2D eigenvalue weighted by atomic mass is 10.0. The topological polar surface area (TPSA) is 99.3 Å². The predicted octanol–water partition coefficient (Wildman–Crippen LogP) is 5.33. The molecule has 3 aromatic rings.